The second-order valence-corrected chi connectivity index (χ2v) is 4.59. The summed E-state index contributed by atoms with van der Waals surface area (Å²) in [5.41, 5.74) is 2.63. The number of nitrogens with one attached hydrogen (secondary N) is 1. The summed E-state index contributed by atoms with van der Waals surface area (Å²) in [5.74, 6) is 0. The smallest absolute Gasteiger partial charge is 0.0682 e. The minimum atomic E-state index is 0. The van der Waals surface area contributed by atoms with Crippen molar-refractivity contribution in [3.8, 4) is 0 Å². The molecule has 4 heteroatoms. The molecule has 0 amide bonds. The van der Waals surface area contributed by atoms with Gasteiger partial charge in [0.2, 0.25) is 0 Å². The number of benzene rings is 1. The number of hydrogen-bond acceptors (Lipinski definition) is 2. The average Bonchev–Trinajstić information content (AvgIpc) is 2.72. The van der Waals surface area contributed by atoms with Gasteiger partial charge in [-0.25, -0.2) is 0 Å². The molecule has 92 valence electrons. The van der Waals surface area contributed by atoms with Crippen molar-refractivity contribution < 1.29 is 0 Å². The normalized spacial score (nSPS) is 20.2. The number of piperidine rings is 1. The Kier molecular flexibility index (Phi) is 3.69. The number of fused-ring (bicyclic) bond motifs is 1. The van der Waals surface area contributed by atoms with E-state index in [1.807, 2.05) is 17.9 Å². The highest BCUT2D eigenvalue weighted by Gasteiger charge is 2.15. The third-order valence-corrected chi connectivity index (χ3v) is 3.49. The molecule has 2 heterocycles. The van der Waals surface area contributed by atoms with Crippen molar-refractivity contribution in [2.45, 2.75) is 25.3 Å². The molecular weight excluding hydrogens is 234 g/mol. The van der Waals surface area contributed by atoms with Gasteiger partial charge in [0.15, 0.2) is 0 Å². The zero-order valence-corrected chi connectivity index (χ0v) is 10.8. The van der Waals surface area contributed by atoms with Crippen molar-refractivity contribution in [1.29, 1.82) is 0 Å². The summed E-state index contributed by atoms with van der Waals surface area (Å²) in [4.78, 5) is 0. The Balaban J connectivity index is 0.00000108. The van der Waals surface area contributed by atoms with Crippen molar-refractivity contribution in [3.05, 3.63) is 30.0 Å². The van der Waals surface area contributed by atoms with Gasteiger partial charge in [0.1, 0.15) is 0 Å². The Labute approximate surface area is 108 Å². The second-order valence-electron chi connectivity index (χ2n) is 4.59. The SMILES string of the molecule is Cl.Cn1ncc2ccc(C3CCCCN3)cc21. The van der Waals surface area contributed by atoms with Crippen LogP contribution in [0, 0.1) is 0 Å². The van der Waals surface area contributed by atoms with E-state index in [4.69, 9.17) is 0 Å². The number of nitrogens with zero attached hydrogens (tertiary/aromatic N) is 2. The highest BCUT2D eigenvalue weighted by molar-refractivity contribution is 5.85. The summed E-state index contributed by atoms with van der Waals surface area (Å²) in [6, 6.07) is 7.21. The molecule has 0 spiro atoms. The molecule has 1 aliphatic rings. The van der Waals surface area contributed by atoms with Crippen molar-refractivity contribution in [2.75, 3.05) is 6.54 Å². The fourth-order valence-corrected chi connectivity index (χ4v) is 2.51. The predicted octanol–water partition coefficient (Wildman–Crippen LogP) is 2.81. The molecule has 17 heavy (non-hydrogen) atoms. The maximum atomic E-state index is 4.28. The van der Waals surface area contributed by atoms with Crippen LogP contribution in [0.5, 0.6) is 0 Å². The van der Waals surface area contributed by atoms with Crippen LogP contribution in [0.1, 0.15) is 30.9 Å². The Morgan fingerprint density at radius 2 is 2.24 bits per heavy atom. The summed E-state index contributed by atoms with van der Waals surface area (Å²) in [6.45, 7) is 1.15. The number of rotatable bonds is 1. The van der Waals surface area contributed by atoms with E-state index in [0.717, 1.165) is 6.54 Å². The third-order valence-electron chi connectivity index (χ3n) is 3.49. The molecule has 2 aromatic rings. The van der Waals surface area contributed by atoms with Crippen molar-refractivity contribution in [3.63, 3.8) is 0 Å². The zero-order valence-electron chi connectivity index (χ0n) is 10.0. The van der Waals surface area contributed by atoms with Crippen LogP contribution in [0.25, 0.3) is 10.9 Å². The van der Waals surface area contributed by atoms with Gasteiger partial charge < -0.3 is 5.32 Å². The van der Waals surface area contributed by atoms with E-state index >= 15 is 0 Å². The Bertz CT molecular complexity index is 500. The van der Waals surface area contributed by atoms with Gasteiger partial charge in [0.25, 0.3) is 0 Å². The summed E-state index contributed by atoms with van der Waals surface area (Å²) in [5, 5.41) is 9.08. The van der Waals surface area contributed by atoms with Crippen LogP contribution in [0.2, 0.25) is 0 Å². The van der Waals surface area contributed by atoms with Gasteiger partial charge in [-0.3, -0.25) is 4.68 Å². The molecule has 1 unspecified atom stereocenters. The minimum absolute atomic E-state index is 0. The van der Waals surface area contributed by atoms with Crippen LogP contribution in [0.3, 0.4) is 0 Å². The van der Waals surface area contributed by atoms with Crippen molar-refractivity contribution in [1.82, 2.24) is 15.1 Å². The van der Waals surface area contributed by atoms with E-state index in [9.17, 15) is 0 Å². The first-order valence-electron chi connectivity index (χ1n) is 5.99. The van der Waals surface area contributed by atoms with E-state index in [2.05, 4.69) is 28.6 Å². The fourth-order valence-electron chi connectivity index (χ4n) is 2.51. The summed E-state index contributed by atoms with van der Waals surface area (Å²) < 4.78 is 1.95. The molecule has 1 atom stereocenters. The van der Waals surface area contributed by atoms with E-state index in [-0.39, 0.29) is 12.4 Å². The van der Waals surface area contributed by atoms with E-state index in [1.165, 1.54) is 35.7 Å². The van der Waals surface area contributed by atoms with Crippen LogP contribution in [0.4, 0.5) is 0 Å². The molecule has 1 N–H and O–H groups in total. The number of hydrogen-bond donors (Lipinski definition) is 1. The molecular formula is C13H18ClN3. The first kappa shape index (κ1) is 12.4. The average molecular weight is 252 g/mol. The number of aryl methyl sites for hydroxylation is 1. The first-order chi connectivity index (χ1) is 7.84. The molecule has 1 aromatic carbocycles. The van der Waals surface area contributed by atoms with Gasteiger partial charge in [-0.15, -0.1) is 12.4 Å². The number of halogens is 1. The summed E-state index contributed by atoms with van der Waals surface area (Å²) in [6.07, 6.45) is 5.82. The van der Waals surface area contributed by atoms with E-state index in [0.29, 0.717) is 6.04 Å². The second kappa shape index (κ2) is 5.07. The number of aromatic nitrogens is 2. The van der Waals surface area contributed by atoms with Crippen molar-refractivity contribution >= 4 is 23.3 Å². The van der Waals surface area contributed by atoms with Crippen molar-refractivity contribution in [2.24, 2.45) is 7.05 Å². The van der Waals surface area contributed by atoms with Gasteiger partial charge >= 0.3 is 0 Å². The lowest BCUT2D eigenvalue weighted by atomic mass is 9.97. The molecule has 3 rings (SSSR count). The zero-order chi connectivity index (χ0) is 11.0. The Hall–Kier alpha value is -1.06. The lowest BCUT2D eigenvalue weighted by molar-refractivity contribution is 0.412. The molecule has 1 fully saturated rings. The maximum absolute atomic E-state index is 4.28. The quantitative estimate of drug-likeness (QED) is 0.845. The molecule has 0 radical (unpaired) electrons. The Morgan fingerprint density at radius 1 is 1.35 bits per heavy atom. The fraction of sp³-hybridized carbons (Fsp3) is 0.462. The summed E-state index contributed by atoms with van der Waals surface area (Å²) in [7, 11) is 2.00. The van der Waals surface area contributed by atoms with E-state index < -0.39 is 0 Å². The van der Waals surface area contributed by atoms with Crippen LogP contribution in [0.15, 0.2) is 24.4 Å². The lowest BCUT2D eigenvalue weighted by Gasteiger charge is -2.23. The van der Waals surface area contributed by atoms with Crippen LogP contribution >= 0.6 is 12.4 Å². The van der Waals surface area contributed by atoms with Gasteiger partial charge in [-0.1, -0.05) is 18.6 Å². The minimum Gasteiger partial charge on any atom is -0.310 e. The molecule has 0 bridgehead atoms. The van der Waals surface area contributed by atoms with Crippen LogP contribution in [-0.2, 0) is 7.05 Å². The predicted molar refractivity (Wildman–Crippen MR) is 72.6 cm³/mol. The lowest BCUT2D eigenvalue weighted by Crippen LogP contribution is -2.26. The maximum Gasteiger partial charge on any atom is 0.0682 e. The van der Waals surface area contributed by atoms with Gasteiger partial charge in [-0.2, -0.15) is 5.10 Å². The first-order valence-corrected chi connectivity index (χ1v) is 5.99. The molecule has 0 saturated carbocycles. The third kappa shape index (κ3) is 2.31. The highest BCUT2D eigenvalue weighted by atomic mass is 35.5. The van der Waals surface area contributed by atoms with Gasteiger partial charge in [0, 0.05) is 18.5 Å². The molecule has 1 aliphatic heterocycles. The standard InChI is InChI=1S/C13H17N3.ClH/c1-16-13-8-10(5-6-11(13)9-15-16)12-4-2-3-7-14-12;/h5-6,8-9,12,14H,2-4,7H2,1H3;1H. The summed E-state index contributed by atoms with van der Waals surface area (Å²) >= 11 is 0. The molecule has 0 aliphatic carbocycles. The molecule has 3 nitrogen and oxygen atoms in total. The highest BCUT2D eigenvalue weighted by Crippen LogP contribution is 2.25. The Morgan fingerprint density at radius 3 is 3.00 bits per heavy atom. The molecule has 1 saturated heterocycles. The van der Waals surface area contributed by atoms with Crippen LogP contribution < -0.4 is 5.32 Å². The van der Waals surface area contributed by atoms with E-state index in [1.54, 1.807) is 0 Å². The van der Waals surface area contributed by atoms with Crippen LogP contribution in [-0.4, -0.2) is 16.3 Å². The monoisotopic (exact) mass is 251 g/mol. The molecule has 1 aromatic heterocycles. The van der Waals surface area contributed by atoms with Gasteiger partial charge in [0.05, 0.1) is 11.7 Å². The topological polar surface area (TPSA) is 29.9 Å². The van der Waals surface area contributed by atoms with Gasteiger partial charge in [-0.05, 0) is 31.0 Å². The largest absolute Gasteiger partial charge is 0.310 e.